The Morgan fingerprint density at radius 3 is 2.64 bits per heavy atom. The average Bonchev–Trinajstić information content (AvgIpc) is 2.49. The lowest BCUT2D eigenvalue weighted by Gasteiger charge is -2.17. The molecule has 1 N–H and O–H groups in total. The molecule has 1 nitrogen and oxygen atoms in total. The fraction of sp³-hybridized carbons (Fsp3) is 0.333. The number of aryl methyl sites for hydroxylation is 2. The van der Waals surface area contributed by atoms with Crippen LogP contribution in [0.2, 0.25) is 10.0 Å². The van der Waals surface area contributed by atoms with Crippen LogP contribution in [0.5, 0.6) is 0 Å². The maximum Gasteiger partial charge on any atom is 0.0542 e. The second kappa shape index (κ2) is 8.26. The Labute approximate surface area is 147 Å². The van der Waals surface area contributed by atoms with Gasteiger partial charge in [-0.1, -0.05) is 47.0 Å². The number of halogens is 2. The number of hydrogen-bond acceptors (Lipinski definition) is 2. The van der Waals surface area contributed by atoms with Crippen molar-refractivity contribution < 1.29 is 0 Å². The van der Waals surface area contributed by atoms with Gasteiger partial charge >= 0.3 is 0 Å². The molecule has 0 heterocycles. The highest BCUT2D eigenvalue weighted by Gasteiger charge is 2.08. The van der Waals surface area contributed by atoms with Crippen molar-refractivity contribution in [2.45, 2.75) is 31.7 Å². The first-order valence-electron chi connectivity index (χ1n) is 7.36. The normalized spacial score (nSPS) is 12.4. The van der Waals surface area contributed by atoms with Gasteiger partial charge < -0.3 is 5.32 Å². The zero-order chi connectivity index (χ0) is 16.1. The number of hydrogen-bond donors (Lipinski definition) is 1. The van der Waals surface area contributed by atoms with Crippen LogP contribution in [0.1, 0.15) is 29.7 Å². The summed E-state index contributed by atoms with van der Waals surface area (Å²) in [5.41, 5.74) is 4.00. The highest BCUT2D eigenvalue weighted by Crippen LogP contribution is 2.29. The molecular weight excluding hydrogens is 333 g/mol. The summed E-state index contributed by atoms with van der Waals surface area (Å²) in [6, 6.07) is 12.5. The number of benzene rings is 2. The van der Waals surface area contributed by atoms with Crippen molar-refractivity contribution in [2.24, 2.45) is 0 Å². The molecule has 0 aliphatic rings. The Hall–Kier alpha value is -0.670. The first kappa shape index (κ1) is 17.7. The summed E-state index contributed by atoms with van der Waals surface area (Å²) < 4.78 is 0. The van der Waals surface area contributed by atoms with E-state index in [1.165, 1.54) is 16.7 Å². The van der Waals surface area contributed by atoms with Gasteiger partial charge in [0.15, 0.2) is 0 Å². The Balaban J connectivity index is 1.86. The molecule has 0 bridgehead atoms. The molecule has 2 rings (SSSR count). The van der Waals surface area contributed by atoms with Crippen molar-refractivity contribution in [1.82, 2.24) is 5.32 Å². The van der Waals surface area contributed by atoms with Crippen LogP contribution in [0.25, 0.3) is 0 Å². The maximum atomic E-state index is 6.17. The van der Waals surface area contributed by atoms with Gasteiger partial charge in [-0.25, -0.2) is 0 Å². The minimum absolute atomic E-state index is 0.343. The molecule has 0 aliphatic carbocycles. The Kier molecular flexibility index (Phi) is 6.64. The molecule has 2 aromatic rings. The SMILES string of the molecule is Cc1ccc(C)c(C(C)NCCSc2cc(Cl)ccc2Cl)c1. The van der Waals surface area contributed by atoms with Crippen molar-refractivity contribution in [2.75, 3.05) is 12.3 Å². The Morgan fingerprint density at radius 1 is 1.09 bits per heavy atom. The number of rotatable bonds is 6. The van der Waals surface area contributed by atoms with Gasteiger partial charge in [0.25, 0.3) is 0 Å². The average molecular weight is 354 g/mol. The highest BCUT2D eigenvalue weighted by atomic mass is 35.5. The molecule has 1 atom stereocenters. The molecule has 4 heteroatoms. The van der Waals surface area contributed by atoms with E-state index in [9.17, 15) is 0 Å². The largest absolute Gasteiger partial charge is 0.309 e. The minimum atomic E-state index is 0.343. The van der Waals surface area contributed by atoms with Gasteiger partial charge in [0.2, 0.25) is 0 Å². The van der Waals surface area contributed by atoms with Crippen LogP contribution in [0, 0.1) is 13.8 Å². The summed E-state index contributed by atoms with van der Waals surface area (Å²) >= 11 is 13.9. The summed E-state index contributed by atoms with van der Waals surface area (Å²) in [7, 11) is 0. The standard InChI is InChI=1S/C18H21Cl2NS/c1-12-4-5-13(2)16(10-12)14(3)21-8-9-22-18-11-15(19)6-7-17(18)20/h4-7,10-11,14,21H,8-9H2,1-3H3. The van der Waals surface area contributed by atoms with E-state index in [0.29, 0.717) is 6.04 Å². The van der Waals surface area contributed by atoms with Gasteiger partial charge in [-0.15, -0.1) is 11.8 Å². The van der Waals surface area contributed by atoms with E-state index < -0.39 is 0 Å². The van der Waals surface area contributed by atoms with Crippen LogP contribution in [-0.4, -0.2) is 12.3 Å². The van der Waals surface area contributed by atoms with E-state index in [2.05, 4.69) is 44.3 Å². The molecule has 0 fully saturated rings. The van der Waals surface area contributed by atoms with E-state index >= 15 is 0 Å². The van der Waals surface area contributed by atoms with Gasteiger partial charge in [-0.3, -0.25) is 0 Å². The lowest BCUT2D eigenvalue weighted by Crippen LogP contribution is -2.22. The smallest absolute Gasteiger partial charge is 0.0542 e. The molecule has 0 aliphatic heterocycles. The molecule has 0 aromatic heterocycles. The second-order valence-corrected chi connectivity index (χ2v) is 7.44. The summed E-state index contributed by atoms with van der Waals surface area (Å²) in [5.74, 6) is 0.954. The Morgan fingerprint density at radius 2 is 1.86 bits per heavy atom. The zero-order valence-corrected chi connectivity index (χ0v) is 15.4. The molecule has 2 aromatic carbocycles. The summed E-state index contributed by atoms with van der Waals surface area (Å²) in [5, 5.41) is 5.06. The summed E-state index contributed by atoms with van der Waals surface area (Å²) in [6.07, 6.45) is 0. The molecule has 22 heavy (non-hydrogen) atoms. The number of nitrogens with one attached hydrogen (secondary N) is 1. The van der Waals surface area contributed by atoms with E-state index in [4.69, 9.17) is 23.2 Å². The molecule has 0 spiro atoms. The predicted molar refractivity (Wildman–Crippen MR) is 99.5 cm³/mol. The first-order valence-corrected chi connectivity index (χ1v) is 9.10. The summed E-state index contributed by atoms with van der Waals surface area (Å²) in [6.45, 7) is 7.42. The monoisotopic (exact) mass is 353 g/mol. The molecule has 118 valence electrons. The molecule has 0 saturated carbocycles. The van der Waals surface area contributed by atoms with Crippen molar-refractivity contribution in [3.63, 3.8) is 0 Å². The van der Waals surface area contributed by atoms with Crippen LogP contribution in [0.15, 0.2) is 41.3 Å². The molecule has 0 saturated heterocycles. The van der Waals surface area contributed by atoms with Crippen molar-refractivity contribution in [3.8, 4) is 0 Å². The van der Waals surface area contributed by atoms with Crippen LogP contribution >= 0.6 is 35.0 Å². The highest BCUT2D eigenvalue weighted by molar-refractivity contribution is 7.99. The third kappa shape index (κ3) is 4.92. The predicted octanol–water partition coefficient (Wildman–Crippen LogP) is 6.05. The van der Waals surface area contributed by atoms with Crippen LogP contribution in [0.4, 0.5) is 0 Å². The zero-order valence-electron chi connectivity index (χ0n) is 13.1. The third-order valence-corrected chi connectivity index (χ3v) is 5.34. The van der Waals surface area contributed by atoms with E-state index in [0.717, 1.165) is 27.2 Å². The van der Waals surface area contributed by atoms with Crippen molar-refractivity contribution in [3.05, 3.63) is 63.1 Å². The molecular formula is C18H21Cl2NS. The molecule has 0 amide bonds. The fourth-order valence-corrected chi connectivity index (χ4v) is 3.73. The maximum absolute atomic E-state index is 6.17. The third-order valence-electron chi connectivity index (χ3n) is 3.60. The second-order valence-electron chi connectivity index (χ2n) is 5.46. The van der Waals surface area contributed by atoms with Gasteiger partial charge in [0.05, 0.1) is 5.02 Å². The van der Waals surface area contributed by atoms with E-state index in [-0.39, 0.29) is 0 Å². The fourth-order valence-electron chi connectivity index (χ4n) is 2.36. The molecule has 1 unspecified atom stereocenters. The van der Waals surface area contributed by atoms with Gasteiger partial charge in [-0.2, -0.15) is 0 Å². The van der Waals surface area contributed by atoms with Gasteiger partial charge in [0.1, 0.15) is 0 Å². The van der Waals surface area contributed by atoms with Crippen molar-refractivity contribution in [1.29, 1.82) is 0 Å². The van der Waals surface area contributed by atoms with Crippen molar-refractivity contribution >= 4 is 35.0 Å². The van der Waals surface area contributed by atoms with E-state index in [1.807, 2.05) is 18.2 Å². The number of thioether (sulfide) groups is 1. The lowest BCUT2D eigenvalue weighted by molar-refractivity contribution is 0.598. The topological polar surface area (TPSA) is 12.0 Å². The Bertz CT molecular complexity index is 643. The summed E-state index contributed by atoms with van der Waals surface area (Å²) in [4.78, 5) is 1.04. The van der Waals surface area contributed by atoms with Gasteiger partial charge in [0, 0.05) is 28.3 Å². The van der Waals surface area contributed by atoms with Gasteiger partial charge in [-0.05, 0) is 50.1 Å². The quantitative estimate of drug-likeness (QED) is 0.500. The van der Waals surface area contributed by atoms with Crippen LogP contribution in [-0.2, 0) is 0 Å². The minimum Gasteiger partial charge on any atom is -0.309 e. The van der Waals surface area contributed by atoms with Crippen LogP contribution < -0.4 is 5.32 Å². The first-order chi connectivity index (χ1) is 10.5. The molecule has 0 radical (unpaired) electrons. The lowest BCUT2D eigenvalue weighted by atomic mass is 10.00. The van der Waals surface area contributed by atoms with E-state index in [1.54, 1.807) is 11.8 Å². The van der Waals surface area contributed by atoms with Crippen LogP contribution in [0.3, 0.4) is 0 Å².